The number of amides is 2. The number of pyridine rings is 2. The molecule has 0 atom stereocenters. The van der Waals surface area contributed by atoms with Gasteiger partial charge in [-0.3, -0.25) is 19.8 Å². The smallest absolute Gasteiger partial charge is 0.329 e. The first-order valence-electron chi connectivity index (χ1n) is 11.0. The number of fused-ring (bicyclic) bond motifs is 1. The van der Waals surface area contributed by atoms with E-state index in [0.717, 1.165) is 16.5 Å². The Balaban J connectivity index is 1.81. The lowest BCUT2D eigenvalue weighted by Gasteiger charge is -2.37. The van der Waals surface area contributed by atoms with Crippen LogP contribution >= 0.6 is 0 Å². The van der Waals surface area contributed by atoms with Gasteiger partial charge >= 0.3 is 6.03 Å². The Hall–Kier alpha value is -4.47. The molecule has 0 fully saturated rings. The van der Waals surface area contributed by atoms with Crippen molar-refractivity contribution < 1.29 is 23.0 Å². The molecule has 1 aromatic carbocycles. The number of carbonyl (C=O) groups excluding carboxylic acids is 1. The van der Waals surface area contributed by atoms with E-state index in [-0.39, 0.29) is 24.6 Å². The number of nitrogens with one attached hydrogen (secondary N) is 1. The molecule has 36 heavy (non-hydrogen) atoms. The van der Waals surface area contributed by atoms with E-state index in [1.54, 1.807) is 36.8 Å². The third kappa shape index (κ3) is 4.70. The lowest BCUT2D eigenvalue weighted by atomic mass is 10.1. The van der Waals surface area contributed by atoms with E-state index < -0.39 is 23.4 Å². The molecule has 0 saturated carbocycles. The first-order chi connectivity index (χ1) is 17.4. The van der Waals surface area contributed by atoms with Crippen molar-refractivity contribution in [1.82, 2.24) is 15.3 Å². The largest absolute Gasteiger partial charge is 0.493 e. The second-order valence-corrected chi connectivity index (χ2v) is 7.96. The summed E-state index contributed by atoms with van der Waals surface area (Å²) in [4.78, 5) is 24.8. The van der Waals surface area contributed by atoms with Gasteiger partial charge < -0.3 is 14.8 Å². The molecule has 1 N–H and O–H groups in total. The maximum Gasteiger partial charge on any atom is 0.329 e. The number of halogens is 2. The van der Waals surface area contributed by atoms with Crippen LogP contribution in [-0.2, 0) is 19.6 Å². The Labute approximate surface area is 207 Å². The number of allylic oxidation sites excluding steroid dienone is 1. The number of ether oxygens (including phenoxy) is 2. The highest BCUT2D eigenvalue weighted by Crippen LogP contribution is 2.41. The van der Waals surface area contributed by atoms with Crippen molar-refractivity contribution in [2.75, 3.05) is 24.0 Å². The van der Waals surface area contributed by atoms with Crippen LogP contribution in [0.1, 0.15) is 16.8 Å². The topological polar surface area (TPSA) is 79.8 Å². The van der Waals surface area contributed by atoms with Gasteiger partial charge in [0.25, 0.3) is 0 Å². The minimum Gasteiger partial charge on any atom is -0.493 e. The first-order valence-corrected chi connectivity index (χ1v) is 11.0. The number of methoxy groups -OCH3 is 2. The third-order valence-corrected chi connectivity index (χ3v) is 5.73. The lowest BCUT2D eigenvalue weighted by Crippen LogP contribution is -2.48. The minimum atomic E-state index is -1.01. The maximum absolute atomic E-state index is 15.3. The van der Waals surface area contributed by atoms with Crippen LogP contribution in [0.2, 0.25) is 0 Å². The monoisotopic (exact) mass is 493 g/mol. The van der Waals surface area contributed by atoms with E-state index in [0.29, 0.717) is 29.2 Å². The van der Waals surface area contributed by atoms with Crippen LogP contribution in [0.4, 0.5) is 25.0 Å². The number of hydrogen-bond donors (Lipinski definition) is 1. The van der Waals surface area contributed by atoms with Crippen molar-refractivity contribution in [2.24, 2.45) is 0 Å². The summed E-state index contributed by atoms with van der Waals surface area (Å²) >= 11 is 0. The van der Waals surface area contributed by atoms with E-state index in [2.05, 4.69) is 28.4 Å². The number of hydrogen-bond acceptors (Lipinski definition) is 6. The Morgan fingerprint density at radius 1 is 1.19 bits per heavy atom. The van der Waals surface area contributed by atoms with E-state index in [4.69, 9.17) is 9.47 Å². The highest BCUT2D eigenvalue weighted by molar-refractivity contribution is 6.06. The highest BCUT2D eigenvalue weighted by atomic mass is 19.1. The number of urea groups is 1. The summed E-state index contributed by atoms with van der Waals surface area (Å²) in [5, 5.41) is 3.08. The van der Waals surface area contributed by atoms with Crippen molar-refractivity contribution >= 4 is 17.4 Å². The first kappa shape index (κ1) is 24.6. The van der Waals surface area contributed by atoms with Crippen LogP contribution in [0.3, 0.4) is 0 Å². The van der Waals surface area contributed by atoms with Gasteiger partial charge in [0, 0.05) is 35.9 Å². The SMILES string of the molecule is C=CC(=C)NCc1cc2c(cn1)CN(c1c(F)c(OC)cc(OC)c1F)C(=O)N2Cc1cccnc1. The predicted octanol–water partition coefficient (Wildman–Crippen LogP) is 4.71. The molecule has 2 amide bonds. The predicted molar refractivity (Wildman–Crippen MR) is 132 cm³/mol. The molecule has 3 aromatic rings. The van der Waals surface area contributed by atoms with E-state index >= 15 is 8.78 Å². The fourth-order valence-corrected chi connectivity index (χ4v) is 3.86. The fourth-order valence-electron chi connectivity index (χ4n) is 3.86. The zero-order valence-electron chi connectivity index (χ0n) is 19.9. The third-order valence-electron chi connectivity index (χ3n) is 5.73. The summed E-state index contributed by atoms with van der Waals surface area (Å²) in [6.07, 6.45) is 6.42. The summed E-state index contributed by atoms with van der Waals surface area (Å²) in [7, 11) is 2.50. The normalized spacial score (nSPS) is 12.7. The van der Waals surface area contributed by atoms with Gasteiger partial charge in [0.1, 0.15) is 5.69 Å². The second-order valence-electron chi connectivity index (χ2n) is 7.96. The Kier molecular flexibility index (Phi) is 7.14. The van der Waals surface area contributed by atoms with Gasteiger partial charge in [-0.25, -0.2) is 13.6 Å². The van der Waals surface area contributed by atoms with Crippen LogP contribution in [0.15, 0.2) is 67.8 Å². The minimum absolute atomic E-state index is 0.109. The molecule has 0 unspecified atom stereocenters. The number of carbonyl (C=O) groups is 1. The summed E-state index contributed by atoms with van der Waals surface area (Å²) in [5.74, 6) is -2.51. The number of nitrogens with zero attached hydrogens (tertiary/aromatic N) is 4. The summed E-state index contributed by atoms with van der Waals surface area (Å²) in [5.41, 5.74) is 2.62. The van der Waals surface area contributed by atoms with Gasteiger partial charge in [0.15, 0.2) is 23.1 Å². The summed E-state index contributed by atoms with van der Waals surface area (Å²) in [6, 6.07) is 5.80. The maximum atomic E-state index is 15.3. The molecular weight excluding hydrogens is 468 g/mol. The van der Waals surface area contributed by atoms with Crippen LogP contribution < -0.4 is 24.6 Å². The van der Waals surface area contributed by atoms with E-state index in [9.17, 15) is 4.79 Å². The zero-order chi connectivity index (χ0) is 25.8. The molecule has 3 heterocycles. The van der Waals surface area contributed by atoms with Gasteiger partial charge in [-0.1, -0.05) is 19.2 Å². The molecule has 4 rings (SSSR count). The van der Waals surface area contributed by atoms with Gasteiger partial charge in [-0.15, -0.1) is 0 Å². The second kappa shape index (κ2) is 10.4. The van der Waals surface area contributed by atoms with Gasteiger partial charge in [-0.2, -0.15) is 0 Å². The number of rotatable bonds is 9. The Morgan fingerprint density at radius 2 is 1.92 bits per heavy atom. The Morgan fingerprint density at radius 3 is 2.53 bits per heavy atom. The van der Waals surface area contributed by atoms with Gasteiger partial charge in [0.05, 0.1) is 45.2 Å². The lowest BCUT2D eigenvalue weighted by molar-refractivity contribution is 0.249. The van der Waals surface area contributed by atoms with Crippen LogP contribution in [0, 0.1) is 11.6 Å². The summed E-state index contributed by atoms with van der Waals surface area (Å²) < 4.78 is 40.8. The molecule has 186 valence electrons. The average Bonchev–Trinajstić information content (AvgIpc) is 2.90. The highest BCUT2D eigenvalue weighted by Gasteiger charge is 2.37. The molecule has 0 saturated heterocycles. The molecule has 0 spiro atoms. The zero-order valence-corrected chi connectivity index (χ0v) is 19.9. The van der Waals surface area contributed by atoms with Crippen molar-refractivity contribution in [3.8, 4) is 11.5 Å². The van der Waals surface area contributed by atoms with Gasteiger partial charge in [0.2, 0.25) is 0 Å². The molecular formula is C26H25F2N5O3. The molecule has 0 bridgehead atoms. The van der Waals surface area contributed by atoms with Crippen molar-refractivity contribution in [2.45, 2.75) is 19.6 Å². The molecule has 0 aliphatic carbocycles. The molecule has 8 nitrogen and oxygen atoms in total. The molecule has 2 aromatic heterocycles. The molecule has 1 aliphatic rings. The van der Waals surface area contributed by atoms with Crippen molar-refractivity contribution in [3.05, 3.63) is 96.2 Å². The Bertz CT molecular complexity index is 1290. The van der Waals surface area contributed by atoms with E-state index in [1.165, 1.54) is 19.1 Å². The van der Waals surface area contributed by atoms with Crippen molar-refractivity contribution in [1.29, 1.82) is 0 Å². The fraction of sp³-hybridized carbons (Fsp3) is 0.192. The van der Waals surface area contributed by atoms with Gasteiger partial charge in [-0.05, 0) is 23.8 Å². The quantitative estimate of drug-likeness (QED) is 0.435. The standard InChI is InChI=1S/C26H25F2N5O3/c1-5-16(2)30-13-19-9-20-18(12-31-19)15-33(26(34)32(20)14-17-7-6-8-29-11-17)25-23(27)21(35-3)10-22(36-4)24(25)28/h5-12,30H,1-2,13-15H2,3-4H3. The van der Waals surface area contributed by atoms with Crippen LogP contribution in [0.25, 0.3) is 0 Å². The summed E-state index contributed by atoms with van der Waals surface area (Å²) in [6.45, 7) is 7.85. The molecule has 1 aliphatic heterocycles. The number of aromatic nitrogens is 2. The van der Waals surface area contributed by atoms with Crippen LogP contribution in [0.5, 0.6) is 11.5 Å². The average molecular weight is 494 g/mol. The number of anilines is 2. The molecule has 10 heteroatoms. The van der Waals surface area contributed by atoms with Crippen LogP contribution in [-0.4, -0.2) is 30.2 Å². The van der Waals surface area contributed by atoms with E-state index in [1.807, 2.05) is 6.07 Å². The number of benzene rings is 1. The van der Waals surface area contributed by atoms with Crippen molar-refractivity contribution in [3.63, 3.8) is 0 Å². The molecule has 0 radical (unpaired) electrons.